The number of nitrogens with zero attached hydrogens (tertiary/aromatic N) is 5. The van der Waals surface area contributed by atoms with Crippen LogP contribution in [0, 0.1) is 13.8 Å². The normalized spacial score (nSPS) is 11.6. The molecule has 0 aromatic carbocycles. The van der Waals surface area contributed by atoms with Crippen molar-refractivity contribution in [1.29, 1.82) is 0 Å². The summed E-state index contributed by atoms with van der Waals surface area (Å²) in [5.41, 5.74) is 2.90. The van der Waals surface area contributed by atoms with E-state index in [-0.39, 0.29) is 22.6 Å². The number of aromatic nitrogens is 5. The summed E-state index contributed by atoms with van der Waals surface area (Å²) < 4.78 is 7.34. The van der Waals surface area contributed by atoms with Gasteiger partial charge in [-0.15, -0.1) is 11.3 Å². The smallest absolute Gasteiger partial charge is 0.277 e. The second-order valence-corrected chi connectivity index (χ2v) is 10.1. The van der Waals surface area contributed by atoms with Gasteiger partial charge in [0.25, 0.3) is 5.56 Å². The first-order chi connectivity index (χ1) is 15.6. The molecule has 0 fully saturated rings. The molecule has 0 bridgehead atoms. The van der Waals surface area contributed by atoms with Crippen LogP contribution in [-0.4, -0.2) is 24.5 Å². The summed E-state index contributed by atoms with van der Waals surface area (Å²) in [6, 6.07) is 7.14. The minimum Gasteiger partial charge on any atom is -0.485 e. The van der Waals surface area contributed by atoms with E-state index in [0.29, 0.717) is 28.5 Å². The third-order valence-electron chi connectivity index (χ3n) is 4.93. The SMILES string of the molecule is Cc1nc(COc2cc(C)n(-c3ccnc(-c4ccnc(C(C)(C)C)n4)c3)c(=O)c2Cl)cs1. The molecule has 0 saturated heterocycles. The summed E-state index contributed by atoms with van der Waals surface area (Å²) in [6.07, 6.45) is 3.37. The minimum absolute atomic E-state index is 0.0166. The predicted octanol–water partition coefficient (Wildman–Crippen LogP) is 5.29. The fraction of sp³-hybridized carbons (Fsp3) is 0.292. The Hall–Kier alpha value is -3.10. The maximum atomic E-state index is 13.2. The highest BCUT2D eigenvalue weighted by Gasteiger charge is 2.19. The van der Waals surface area contributed by atoms with Crippen molar-refractivity contribution in [2.45, 2.75) is 46.6 Å². The number of hydrogen-bond acceptors (Lipinski definition) is 7. The van der Waals surface area contributed by atoms with Crippen molar-refractivity contribution in [3.05, 3.63) is 79.6 Å². The monoisotopic (exact) mass is 481 g/mol. The Morgan fingerprint density at radius 3 is 2.52 bits per heavy atom. The number of ether oxygens (including phenoxy) is 1. The zero-order chi connectivity index (χ0) is 23.8. The molecule has 0 unspecified atom stereocenters. The van der Waals surface area contributed by atoms with Gasteiger partial charge < -0.3 is 4.74 Å². The lowest BCUT2D eigenvalue weighted by Crippen LogP contribution is -2.22. The van der Waals surface area contributed by atoms with E-state index in [4.69, 9.17) is 16.3 Å². The molecule has 4 aromatic rings. The first-order valence-corrected chi connectivity index (χ1v) is 11.7. The molecular weight excluding hydrogens is 458 g/mol. The van der Waals surface area contributed by atoms with Crippen LogP contribution in [0.5, 0.6) is 5.75 Å². The Kier molecular flexibility index (Phi) is 6.32. The first kappa shape index (κ1) is 23.1. The van der Waals surface area contributed by atoms with Crippen LogP contribution in [0.2, 0.25) is 5.02 Å². The van der Waals surface area contributed by atoms with Gasteiger partial charge in [-0.3, -0.25) is 14.3 Å². The third-order valence-corrected chi connectivity index (χ3v) is 6.10. The number of hydrogen-bond donors (Lipinski definition) is 0. The average molecular weight is 482 g/mol. The predicted molar refractivity (Wildman–Crippen MR) is 130 cm³/mol. The van der Waals surface area contributed by atoms with Crippen LogP contribution >= 0.6 is 22.9 Å². The number of rotatable bonds is 5. The highest BCUT2D eigenvalue weighted by Crippen LogP contribution is 2.26. The van der Waals surface area contributed by atoms with Crippen LogP contribution in [0.25, 0.3) is 17.1 Å². The summed E-state index contributed by atoms with van der Waals surface area (Å²) in [5.74, 6) is 1.06. The molecule has 0 aliphatic heterocycles. The van der Waals surface area contributed by atoms with Crippen molar-refractivity contribution < 1.29 is 4.74 Å². The van der Waals surface area contributed by atoms with E-state index < -0.39 is 0 Å². The van der Waals surface area contributed by atoms with E-state index in [1.807, 2.05) is 25.3 Å². The lowest BCUT2D eigenvalue weighted by Gasteiger charge is -2.17. The molecule has 0 aliphatic rings. The van der Waals surface area contributed by atoms with Gasteiger partial charge in [0.2, 0.25) is 0 Å². The summed E-state index contributed by atoms with van der Waals surface area (Å²) in [7, 11) is 0. The second-order valence-electron chi connectivity index (χ2n) is 8.67. The van der Waals surface area contributed by atoms with E-state index in [0.717, 1.165) is 16.5 Å². The van der Waals surface area contributed by atoms with E-state index in [2.05, 4.69) is 40.7 Å². The molecular formula is C24H24ClN5O2S. The third kappa shape index (κ3) is 4.96. The van der Waals surface area contributed by atoms with E-state index in [9.17, 15) is 4.79 Å². The van der Waals surface area contributed by atoms with Gasteiger partial charge in [0.15, 0.2) is 0 Å². The summed E-state index contributed by atoms with van der Waals surface area (Å²) >= 11 is 7.95. The van der Waals surface area contributed by atoms with Gasteiger partial charge in [-0.25, -0.2) is 15.0 Å². The standard InChI is InChI=1S/C24H24ClN5O2S/c1-14-10-20(32-12-16-13-33-15(2)28-16)21(25)22(31)30(14)17-6-8-26-19(11-17)18-7-9-27-23(29-18)24(3,4)5/h6-11,13H,12H2,1-5H3. The van der Waals surface area contributed by atoms with Crippen molar-refractivity contribution in [2.24, 2.45) is 0 Å². The van der Waals surface area contributed by atoms with E-state index >= 15 is 0 Å². The summed E-state index contributed by atoms with van der Waals surface area (Å²) in [4.78, 5) is 31.0. The van der Waals surface area contributed by atoms with Crippen molar-refractivity contribution in [1.82, 2.24) is 24.5 Å². The molecule has 170 valence electrons. The highest BCUT2D eigenvalue weighted by molar-refractivity contribution is 7.09. The van der Waals surface area contributed by atoms with Gasteiger partial charge in [0.05, 0.1) is 27.8 Å². The van der Waals surface area contributed by atoms with Crippen molar-refractivity contribution in [3.63, 3.8) is 0 Å². The molecule has 33 heavy (non-hydrogen) atoms. The molecule has 4 rings (SSSR count). The fourth-order valence-electron chi connectivity index (χ4n) is 3.29. The highest BCUT2D eigenvalue weighted by atomic mass is 35.5. The van der Waals surface area contributed by atoms with Gasteiger partial charge in [-0.1, -0.05) is 32.4 Å². The molecule has 0 atom stereocenters. The van der Waals surface area contributed by atoms with Crippen LogP contribution in [0.3, 0.4) is 0 Å². The van der Waals surface area contributed by atoms with Crippen LogP contribution in [-0.2, 0) is 12.0 Å². The average Bonchev–Trinajstić information content (AvgIpc) is 3.20. The van der Waals surface area contributed by atoms with Crippen molar-refractivity contribution in [3.8, 4) is 22.8 Å². The van der Waals surface area contributed by atoms with Gasteiger partial charge in [-0.2, -0.15) is 0 Å². The number of halogens is 1. The Morgan fingerprint density at radius 2 is 1.82 bits per heavy atom. The summed E-state index contributed by atoms with van der Waals surface area (Å²) in [6.45, 7) is 10.2. The van der Waals surface area contributed by atoms with Crippen LogP contribution in [0.15, 0.2) is 46.8 Å². The number of thiazole rings is 1. The Morgan fingerprint density at radius 1 is 1.06 bits per heavy atom. The Bertz CT molecular complexity index is 1370. The van der Waals surface area contributed by atoms with Crippen LogP contribution in [0.4, 0.5) is 0 Å². The quantitative estimate of drug-likeness (QED) is 0.385. The fourth-order valence-corrected chi connectivity index (χ4v) is 4.09. The molecule has 0 amide bonds. The maximum Gasteiger partial charge on any atom is 0.277 e. The second kappa shape index (κ2) is 9.03. The van der Waals surface area contributed by atoms with Crippen molar-refractivity contribution in [2.75, 3.05) is 0 Å². The largest absolute Gasteiger partial charge is 0.485 e. The minimum atomic E-state index is -0.364. The molecule has 0 aliphatic carbocycles. The van der Waals surface area contributed by atoms with Gasteiger partial charge >= 0.3 is 0 Å². The molecule has 4 heterocycles. The topological polar surface area (TPSA) is 82.8 Å². The van der Waals surface area contributed by atoms with E-state index in [1.165, 1.54) is 0 Å². The van der Waals surface area contributed by atoms with Gasteiger partial charge in [0, 0.05) is 34.9 Å². The van der Waals surface area contributed by atoms with Gasteiger partial charge in [-0.05, 0) is 32.0 Å². The van der Waals surface area contributed by atoms with Gasteiger partial charge in [0.1, 0.15) is 23.2 Å². The van der Waals surface area contributed by atoms with Crippen LogP contribution < -0.4 is 10.3 Å². The molecule has 0 N–H and O–H groups in total. The van der Waals surface area contributed by atoms with E-state index in [1.54, 1.807) is 46.5 Å². The van der Waals surface area contributed by atoms with Crippen LogP contribution in [0.1, 0.15) is 43.0 Å². The molecule has 7 nitrogen and oxygen atoms in total. The molecule has 9 heteroatoms. The number of aryl methyl sites for hydroxylation is 2. The first-order valence-electron chi connectivity index (χ1n) is 10.4. The molecule has 0 spiro atoms. The van der Waals surface area contributed by atoms with Crippen molar-refractivity contribution >= 4 is 22.9 Å². The Balaban J connectivity index is 1.69. The lowest BCUT2D eigenvalue weighted by molar-refractivity contribution is 0.301. The molecule has 4 aromatic heterocycles. The maximum absolute atomic E-state index is 13.2. The lowest BCUT2D eigenvalue weighted by atomic mass is 9.95. The zero-order valence-electron chi connectivity index (χ0n) is 19.1. The zero-order valence-corrected chi connectivity index (χ0v) is 20.7. The Labute approximate surface area is 201 Å². The molecule has 0 saturated carbocycles. The summed E-state index contributed by atoms with van der Waals surface area (Å²) in [5, 5.41) is 2.90. The number of pyridine rings is 2. The molecule has 0 radical (unpaired) electrons.